The third kappa shape index (κ3) is 5.33. The van der Waals surface area contributed by atoms with Crippen LogP contribution in [0.4, 0.5) is 10.1 Å². The van der Waals surface area contributed by atoms with Crippen LogP contribution in [0.25, 0.3) is 0 Å². The van der Waals surface area contributed by atoms with Crippen molar-refractivity contribution >= 4 is 33.0 Å². The Morgan fingerprint density at radius 3 is 2.52 bits per heavy atom. The first-order valence-corrected chi connectivity index (χ1v) is 9.61. The van der Waals surface area contributed by atoms with Crippen molar-refractivity contribution in [3.8, 4) is 0 Å². The molecular weight excluding hydrogens is 339 g/mol. The zero-order valence-corrected chi connectivity index (χ0v) is 14.2. The highest BCUT2D eigenvalue weighted by Gasteiger charge is 2.17. The van der Waals surface area contributed by atoms with E-state index >= 15 is 0 Å². The predicted octanol–water partition coefficient (Wildman–Crippen LogP) is 2.01. The number of nitrogens with zero attached hydrogens (tertiary/aromatic N) is 1. The van der Waals surface area contributed by atoms with Crippen LogP contribution in [0.3, 0.4) is 0 Å². The van der Waals surface area contributed by atoms with Gasteiger partial charge in [0.25, 0.3) is 0 Å². The largest absolute Gasteiger partial charge is 0.354 e. The van der Waals surface area contributed by atoms with Crippen molar-refractivity contribution in [1.29, 1.82) is 0 Å². The summed E-state index contributed by atoms with van der Waals surface area (Å²) in [6.07, 6.45) is 1.34. The molecular formula is C15H17FN2O3S2. The number of rotatable bonds is 7. The molecule has 5 nitrogen and oxygen atoms in total. The monoisotopic (exact) mass is 356 g/mol. The van der Waals surface area contributed by atoms with Crippen LogP contribution in [0.5, 0.6) is 0 Å². The summed E-state index contributed by atoms with van der Waals surface area (Å²) in [5, 5.41) is 4.58. The van der Waals surface area contributed by atoms with E-state index in [1.54, 1.807) is 0 Å². The van der Waals surface area contributed by atoms with Gasteiger partial charge in [-0.2, -0.15) is 0 Å². The molecule has 0 aliphatic carbocycles. The summed E-state index contributed by atoms with van der Waals surface area (Å²) in [4.78, 5) is 12.7. The van der Waals surface area contributed by atoms with Crippen LogP contribution in [0.15, 0.2) is 41.8 Å². The first-order valence-electron chi connectivity index (χ1n) is 6.88. The van der Waals surface area contributed by atoms with Gasteiger partial charge in [-0.3, -0.25) is 9.10 Å². The maximum atomic E-state index is 13.0. The number of anilines is 1. The van der Waals surface area contributed by atoms with Crippen molar-refractivity contribution in [2.24, 2.45) is 0 Å². The Morgan fingerprint density at radius 1 is 1.26 bits per heavy atom. The van der Waals surface area contributed by atoms with Gasteiger partial charge in [-0.25, -0.2) is 12.8 Å². The van der Waals surface area contributed by atoms with E-state index in [2.05, 4.69) is 5.32 Å². The zero-order chi connectivity index (χ0) is 16.9. The van der Waals surface area contributed by atoms with E-state index in [4.69, 9.17) is 0 Å². The lowest BCUT2D eigenvalue weighted by Gasteiger charge is -2.22. The topological polar surface area (TPSA) is 66.5 Å². The summed E-state index contributed by atoms with van der Waals surface area (Å²) in [5.41, 5.74) is 0.362. The average Bonchev–Trinajstić information content (AvgIpc) is 2.96. The quantitative estimate of drug-likeness (QED) is 0.825. The molecule has 8 heteroatoms. The fourth-order valence-electron chi connectivity index (χ4n) is 2.02. The van der Waals surface area contributed by atoms with Gasteiger partial charge in [0.15, 0.2) is 0 Å². The minimum atomic E-state index is -3.52. The fraction of sp³-hybridized carbons (Fsp3) is 0.267. The molecule has 0 unspecified atom stereocenters. The van der Waals surface area contributed by atoms with E-state index in [1.807, 2.05) is 17.5 Å². The van der Waals surface area contributed by atoms with Gasteiger partial charge in [-0.15, -0.1) is 11.3 Å². The maximum absolute atomic E-state index is 13.0. The van der Waals surface area contributed by atoms with E-state index < -0.39 is 15.8 Å². The van der Waals surface area contributed by atoms with Crippen LogP contribution < -0.4 is 9.62 Å². The SMILES string of the molecule is CS(=O)(=O)N(CCNC(=O)Cc1cccs1)c1ccc(F)cc1. The lowest BCUT2D eigenvalue weighted by Crippen LogP contribution is -2.38. The summed E-state index contributed by atoms with van der Waals surface area (Å²) >= 11 is 1.49. The lowest BCUT2D eigenvalue weighted by molar-refractivity contribution is -0.120. The second-order valence-electron chi connectivity index (χ2n) is 4.92. The summed E-state index contributed by atoms with van der Waals surface area (Å²) in [6.45, 7) is 0.259. The molecule has 1 heterocycles. The number of hydrogen-bond donors (Lipinski definition) is 1. The molecule has 124 valence electrons. The number of carbonyl (C=O) groups is 1. The lowest BCUT2D eigenvalue weighted by atomic mass is 10.3. The number of thiophene rings is 1. The van der Waals surface area contributed by atoms with Gasteiger partial charge in [0.05, 0.1) is 24.9 Å². The van der Waals surface area contributed by atoms with Crippen LogP contribution in [-0.2, 0) is 21.2 Å². The first kappa shape index (κ1) is 17.4. The molecule has 1 aromatic heterocycles. The summed E-state index contributed by atoms with van der Waals surface area (Å²) < 4.78 is 37.8. The first-order chi connectivity index (χ1) is 10.9. The van der Waals surface area contributed by atoms with Crippen molar-refractivity contribution in [3.63, 3.8) is 0 Å². The average molecular weight is 356 g/mol. The molecule has 0 saturated heterocycles. The van der Waals surface area contributed by atoms with Crippen LogP contribution >= 0.6 is 11.3 Å². The van der Waals surface area contributed by atoms with E-state index in [0.717, 1.165) is 15.4 Å². The molecule has 1 amide bonds. The summed E-state index contributed by atoms with van der Waals surface area (Å²) in [5.74, 6) is -0.605. The van der Waals surface area contributed by atoms with Crippen LogP contribution in [0.1, 0.15) is 4.88 Å². The Bertz CT molecular complexity index is 744. The Hall–Kier alpha value is -1.93. The molecule has 0 bridgehead atoms. The molecule has 0 saturated carbocycles. The minimum absolute atomic E-state index is 0.0840. The van der Waals surface area contributed by atoms with E-state index in [9.17, 15) is 17.6 Å². The van der Waals surface area contributed by atoms with Crippen LogP contribution in [-0.4, -0.2) is 33.7 Å². The number of halogens is 1. The number of carbonyl (C=O) groups excluding carboxylic acids is 1. The highest BCUT2D eigenvalue weighted by molar-refractivity contribution is 7.92. The van der Waals surface area contributed by atoms with Crippen molar-refractivity contribution < 1.29 is 17.6 Å². The number of hydrogen-bond acceptors (Lipinski definition) is 4. The fourth-order valence-corrected chi connectivity index (χ4v) is 3.66. The molecule has 0 aliphatic rings. The third-order valence-corrected chi connectivity index (χ3v) is 5.14. The maximum Gasteiger partial charge on any atom is 0.232 e. The smallest absolute Gasteiger partial charge is 0.232 e. The molecule has 0 fully saturated rings. The number of sulfonamides is 1. The standard InChI is InChI=1S/C15H17FN2O3S2/c1-23(20,21)18(13-6-4-12(16)5-7-13)9-8-17-15(19)11-14-3-2-10-22-14/h2-7,10H,8-9,11H2,1H3,(H,17,19). The molecule has 23 heavy (non-hydrogen) atoms. The Balaban J connectivity index is 1.94. The van der Waals surface area contributed by atoms with Gasteiger partial charge in [-0.1, -0.05) is 6.07 Å². The molecule has 1 N–H and O–H groups in total. The Kier molecular flexibility index (Phi) is 5.73. The van der Waals surface area contributed by atoms with E-state index in [1.165, 1.54) is 35.6 Å². The highest BCUT2D eigenvalue weighted by Crippen LogP contribution is 2.17. The molecule has 1 aromatic carbocycles. The normalized spacial score (nSPS) is 11.2. The van der Waals surface area contributed by atoms with Crippen molar-refractivity contribution in [1.82, 2.24) is 5.32 Å². The molecule has 0 spiro atoms. The zero-order valence-electron chi connectivity index (χ0n) is 12.5. The Morgan fingerprint density at radius 2 is 1.96 bits per heavy atom. The van der Waals surface area contributed by atoms with Gasteiger partial charge in [-0.05, 0) is 35.7 Å². The molecule has 0 atom stereocenters. The van der Waals surface area contributed by atoms with Crippen molar-refractivity contribution in [2.75, 3.05) is 23.7 Å². The number of amides is 1. The van der Waals surface area contributed by atoms with Gasteiger partial charge in [0, 0.05) is 11.4 Å². The second kappa shape index (κ2) is 7.56. The van der Waals surface area contributed by atoms with Gasteiger partial charge < -0.3 is 5.32 Å². The second-order valence-corrected chi connectivity index (χ2v) is 7.86. The Labute approximate surface area is 138 Å². The van der Waals surface area contributed by atoms with E-state index in [0.29, 0.717) is 5.69 Å². The third-order valence-electron chi connectivity index (χ3n) is 3.07. The van der Waals surface area contributed by atoms with Gasteiger partial charge >= 0.3 is 0 Å². The van der Waals surface area contributed by atoms with Gasteiger partial charge in [0.1, 0.15) is 5.82 Å². The summed E-state index contributed by atoms with van der Waals surface area (Å²) in [6, 6.07) is 8.91. The van der Waals surface area contributed by atoms with Crippen molar-refractivity contribution in [3.05, 3.63) is 52.5 Å². The van der Waals surface area contributed by atoms with Crippen LogP contribution in [0.2, 0.25) is 0 Å². The predicted molar refractivity (Wildman–Crippen MR) is 89.6 cm³/mol. The number of nitrogens with one attached hydrogen (secondary N) is 1. The molecule has 2 aromatic rings. The highest BCUT2D eigenvalue weighted by atomic mass is 32.2. The number of benzene rings is 1. The summed E-state index contributed by atoms with van der Waals surface area (Å²) in [7, 11) is -3.52. The van der Waals surface area contributed by atoms with E-state index in [-0.39, 0.29) is 25.4 Å². The van der Waals surface area contributed by atoms with Crippen LogP contribution in [0, 0.1) is 5.82 Å². The molecule has 2 rings (SSSR count). The minimum Gasteiger partial charge on any atom is -0.354 e. The van der Waals surface area contributed by atoms with Crippen molar-refractivity contribution in [2.45, 2.75) is 6.42 Å². The molecule has 0 aliphatic heterocycles. The molecule has 0 radical (unpaired) electrons. The van der Waals surface area contributed by atoms with Gasteiger partial charge in [0.2, 0.25) is 15.9 Å².